The Morgan fingerprint density at radius 3 is 2.32 bits per heavy atom. The largest absolute Gasteiger partial charge is 0.481 e. The van der Waals surface area contributed by atoms with Gasteiger partial charge in [0, 0.05) is 43.3 Å². The van der Waals surface area contributed by atoms with Crippen LogP contribution in [0.5, 0.6) is 0 Å². The van der Waals surface area contributed by atoms with Crippen LogP contribution in [-0.4, -0.2) is 77.1 Å². The third-order valence-corrected chi connectivity index (χ3v) is 16.8. The number of ether oxygens (including phenoxy) is 1. The molecule has 4 saturated carbocycles. The average Bonchev–Trinajstić information content (AvgIpc) is 3.61. The summed E-state index contributed by atoms with van der Waals surface area (Å²) in [5, 5.41) is 25.3. The van der Waals surface area contributed by atoms with Crippen LogP contribution in [0.4, 0.5) is 0 Å². The highest BCUT2D eigenvalue weighted by Gasteiger charge is 2.70. The lowest BCUT2D eigenvalue weighted by atomic mass is 9.33. The fourth-order valence-electron chi connectivity index (χ4n) is 13.7. The Morgan fingerprint density at radius 1 is 0.962 bits per heavy atom. The normalized spacial score (nSPS) is 38.7. The zero-order valence-corrected chi connectivity index (χ0v) is 34.4. The van der Waals surface area contributed by atoms with Crippen molar-refractivity contribution in [2.75, 3.05) is 26.2 Å². The Bertz CT molecular complexity index is 1520. The standard InChI is InChI=1S/C44H70N2O7/c1-27(2)36-29(47)24-44(32(48)26-45-21-11-23-46-22-10-12-34(46)49)20-19-42(8)28(37(36)44)13-14-31-41(7)17-16-33(53-35(50)25-39(3,4)38(51)52)40(5,6)30(41)15-18-43(31,42)9/h27-28,30-33,45,48H,10-26H2,1-9H3,(H,51,52)/t28-,30+,31-,32-,33+,41+,42-,43-,44+/m1/s1. The van der Waals surface area contributed by atoms with E-state index in [1.54, 1.807) is 13.8 Å². The van der Waals surface area contributed by atoms with E-state index in [0.29, 0.717) is 31.2 Å². The molecule has 6 rings (SSSR count). The summed E-state index contributed by atoms with van der Waals surface area (Å²) in [4.78, 5) is 52.9. The van der Waals surface area contributed by atoms with Crippen molar-refractivity contribution in [3.05, 3.63) is 11.1 Å². The topological polar surface area (TPSA) is 133 Å². The van der Waals surface area contributed by atoms with Gasteiger partial charge in [0.1, 0.15) is 6.10 Å². The second-order valence-electron chi connectivity index (χ2n) is 20.6. The molecule has 0 aromatic heterocycles. The van der Waals surface area contributed by atoms with Gasteiger partial charge in [0.05, 0.1) is 17.9 Å². The Balaban J connectivity index is 1.21. The molecule has 0 aromatic rings. The number of nitrogens with one attached hydrogen (secondary N) is 1. The molecule has 0 spiro atoms. The Hall–Kier alpha value is -2.26. The van der Waals surface area contributed by atoms with Crippen molar-refractivity contribution in [1.29, 1.82) is 0 Å². The van der Waals surface area contributed by atoms with Crippen LogP contribution in [-0.2, 0) is 23.9 Å². The van der Waals surface area contributed by atoms with Crippen LogP contribution in [0.1, 0.15) is 146 Å². The maximum atomic E-state index is 14.0. The molecule has 5 aliphatic carbocycles. The van der Waals surface area contributed by atoms with Crippen LogP contribution in [0.3, 0.4) is 0 Å². The molecule has 3 N–H and O–H groups in total. The summed E-state index contributed by atoms with van der Waals surface area (Å²) < 4.78 is 6.16. The van der Waals surface area contributed by atoms with E-state index in [-0.39, 0.29) is 57.7 Å². The van der Waals surface area contributed by atoms with Gasteiger partial charge in [0.15, 0.2) is 5.78 Å². The first-order chi connectivity index (χ1) is 24.7. The van der Waals surface area contributed by atoms with Gasteiger partial charge in [-0.3, -0.25) is 19.2 Å². The number of ketones is 1. The summed E-state index contributed by atoms with van der Waals surface area (Å²) in [7, 11) is 0. The van der Waals surface area contributed by atoms with Crippen LogP contribution < -0.4 is 5.32 Å². The Labute approximate surface area is 318 Å². The molecule has 0 bridgehead atoms. The molecule has 5 fully saturated rings. The molecule has 298 valence electrons. The molecule has 0 unspecified atom stereocenters. The third kappa shape index (κ3) is 6.43. The first-order valence-corrected chi connectivity index (χ1v) is 21.0. The number of aliphatic carboxylic acids is 1. The molecule has 9 atom stereocenters. The number of allylic oxidation sites excluding steroid dienone is 1. The van der Waals surface area contributed by atoms with Gasteiger partial charge in [-0.15, -0.1) is 0 Å². The average molecular weight is 739 g/mol. The van der Waals surface area contributed by atoms with E-state index in [1.807, 2.05) is 4.90 Å². The third-order valence-electron chi connectivity index (χ3n) is 16.8. The summed E-state index contributed by atoms with van der Waals surface area (Å²) in [6, 6.07) is 0. The molecule has 1 heterocycles. The SMILES string of the molecule is CC(C)C1=C2[C@H]3CC[C@@H]4[C@@]5(C)CC[C@H](OC(=O)CC(C)(C)C(=O)O)C(C)(C)[C@@H]5CC[C@@]4(C)[C@]3(C)CC[C@@]2([C@H](O)CNCCCN2CCCC2=O)CC1=O. The molecule has 0 radical (unpaired) electrons. The number of fused-ring (bicyclic) bond motifs is 7. The monoisotopic (exact) mass is 739 g/mol. The number of carboxylic acid groups (broad SMARTS) is 1. The highest BCUT2D eigenvalue weighted by Crippen LogP contribution is 2.77. The summed E-state index contributed by atoms with van der Waals surface area (Å²) in [6.07, 6.45) is 9.62. The van der Waals surface area contributed by atoms with E-state index >= 15 is 0 Å². The molecule has 9 nitrogen and oxygen atoms in total. The molecule has 53 heavy (non-hydrogen) atoms. The number of aliphatic hydroxyl groups excluding tert-OH is 1. The second-order valence-corrected chi connectivity index (χ2v) is 20.6. The van der Waals surface area contributed by atoms with Gasteiger partial charge in [-0.2, -0.15) is 0 Å². The van der Waals surface area contributed by atoms with Gasteiger partial charge in [-0.05, 0) is 130 Å². The number of likely N-dealkylation sites (tertiary alicyclic amines) is 1. The number of hydrogen-bond donors (Lipinski definition) is 3. The summed E-state index contributed by atoms with van der Waals surface area (Å²) in [5.74, 6) is 0.275. The molecular formula is C44H70N2O7. The van der Waals surface area contributed by atoms with Crippen molar-refractivity contribution in [1.82, 2.24) is 10.2 Å². The number of aliphatic hydroxyl groups is 1. The lowest BCUT2D eigenvalue weighted by Crippen LogP contribution is -2.66. The maximum Gasteiger partial charge on any atom is 0.309 e. The van der Waals surface area contributed by atoms with Crippen LogP contribution >= 0.6 is 0 Å². The fraction of sp³-hybridized carbons (Fsp3) is 0.864. The number of carbonyl (C=O) groups excluding carboxylic acids is 3. The number of carboxylic acids is 1. The minimum Gasteiger partial charge on any atom is -0.481 e. The van der Waals surface area contributed by atoms with E-state index in [1.165, 1.54) is 5.57 Å². The minimum atomic E-state index is -1.17. The van der Waals surface area contributed by atoms with Gasteiger partial charge in [-0.1, -0.05) is 54.0 Å². The van der Waals surface area contributed by atoms with E-state index in [9.17, 15) is 29.4 Å². The van der Waals surface area contributed by atoms with Crippen molar-refractivity contribution in [2.24, 2.45) is 56.2 Å². The molecule has 1 amide bonds. The van der Waals surface area contributed by atoms with E-state index < -0.39 is 28.9 Å². The first kappa shape index (κ1) is 40.4. The number of amides is 1. The van der Waals surface area contributed by atoms with Gasteiger partial charge in [-0.25, -0.2) is 0 Å². The van der Waals surface area contributed by atoms with E-state index in [2.05, 4.69) is 53.8 Å². The number of hydrogen-bond acceptors (Lipinski definition) is 7. The van der Waals surface area contributed by atoms with Crippen molar-refractivity contribution in [3.63, 3.8) is 0 Å². The van der Waals surface area contributed by atoms with E-state index in [4.69, 9.17) is 4.74 Å². The molecule has 6 aliphatic rings. The van der Waals surface area contributed by atoms with Crippen molar-refractivity contribution < 1.29 is 34.1 Å². The molecule has 9 heteroatoms. The zero-order chi connectivity index (χ0) is 38.9. The highest BCUT2D eigenvalue weighted by molar-refractivity contribution is 6.00. The number of carbonyl (C=O) groups is 4. The maximum absolute atomic E-state index is 14.0. The van der Waals surface area contributed by atoms with Crippen LogP contribution in [0.2, 0.25) is 0 Å². The number of rotatable bonds is 12. The first-order valence-electron chi connectivity index (χ1n) is 21.0. The van der Waals surface area contributed by atoms with Crippen LogP contribution in [0, 0.1) is 56.2 Å². The zero-order valence-electron chi connectivity index (χ0n) is 34.4. The highest BCUT2D eigenvalue weighted by atomic mass is 16.5. The van der Waals surface area contributed by atoms with Gasteiger partial charge >= 0.3 is 11.9 Å². The number of Topliss-reactive ketones (excluding diaryl/α,β-unsaturated/α-hetero) is 1. The van der Waals surface area contributed by atoms with Crippen molar-refractivity contribution in [3.8, 4) is 0 Å². The van der Waals surface area contributed by atoms with Gasteiger partial charge in [0.2, 0.25) is 5.91 Å². The predicted octanol–water partition coefficient (Wildman–Crippen LogP) is 7.34. The lowest BCUT2D eigenvalue weighted by Gasteiger charge is -2.72. The Morgan fingerprint density at radius 2 is 1.68 bits per heavy atom. The number of esters is 1. The van der Waals surface area contributed by atoms with Gasteiger partial charge in [0.25, 0.3) is 0 Å². The van der Waals surface area contributed by atoms with E-state index in [0.717, 1.165) is 89.4 Å². The molecule has 0 aromatic carbocycles. The van der Waals surface area contributed by atoms with Crippen LogP contribution in [0.25, 0.3) is 0 Å². The minimum absolute atomic E-state index is 0.0151. The Kier molecular flexibility index (Phi) is 10.7. The number of nitrogens with zero attached hydrogens (tertiary/aromatic N) is 1. The van der Waals surface area contributed by atoms with Crippen LogP contribution in [0.15, 0.2) is 11.1 Å². The van der Waals surface area contributed by atoms with Crippen molar-refractivity contribution in [2.45, 2.75) is 158 Å². The fourth-order valence-corrected chi connectivity index (χ4v) is 13.7. The van der Waals surface area contributed by atoms with Gasteiger partial charge < -0.3 is 25.2 Å². The second kappa shape index (κ2) is 14.0. The quantitative estimate of drug-likeness (QED) is 0.140. The molecular weight excluding hydrogens is 668 g/mol. The smallest absolute Gasteiger partial charge is 0.309 e. The lowest BCUT2D eigenvalue weighted by molar-refractivity contribution is -0.235. The van der Waals surface area contributed by atoms with Crippen molar-refractivity contribution >= 4 is 23.6 Å². The molecule has 1 saturated heterocycles. The summed E-state index contributed by atoms with van der Waals surface area (Å²) in [5.41, 5.74) is 0.435. The molecule has 1 aliphatic heterocycles. The predicted molar refractivity (Wildman–Crippen MR) is 205 cm³/mol. The summed E-state index contributed by atoms with van der Waals surface area (Å²) >= 11 is 0. The summed E-state index contributed by atoms with van der Waals surface area (Å²) in [6.45, 7) is 22.4.